The molecule has 0 aromatic heterocycles. The first-order valence-electron chi connectivity index (χ1n) is 6.44. The highest BCUT2D eigenvalue weighted by Crippen LogP contribution is 2.23. The van der Waals surface area contributed by atoms with Gasteiger partial charge in [0.25, 0.3) is 0 Å². The fourth-order valence-electron chi connectivity index (χ4n) is 1.82. The van der Waals surface area contributed by atoms with E-state index in [0.717, 1.165) is 5.56 Å². The standard InChI is InChI=1S/C15H17NO4/c1-2-19-13(18)8-9-15(10-17)11-20-14(16-15)12-6-4-3-5-7-12/h3-9,17H,2,10-11H2,1H3/b9-8+/t15-/m0/s1. The number of aliphatic imine (C=N–C) groups is 1. The van der Waals surface area contributed by atoms with Crippen LogP contribution >= 0.6 is 0 Å². The average Bonchev–Trinajstić information content (AvgIpc) is 2.92. The predicted molar refractivity (Wildman–Crippen MR) is 74.5 cm³/mol. The number of carbonyl (C=O) groups is 1. The van der Waals surface area contributed by atoms with E-state index in [-0.39, 0.29) is 13.2 Å². The van der Waals surface area contributed by atoms with Gasteiger partial charge >= 0.3 is 5.97 Å². The Morgan fingerprint density at radius 3 is 2.90 bits per heavy atom. The molecule has 1 aliphatic heterocycles. The van der Waals surface area contributed by atoms with E-state index in [4.69, 9.17) is 9.47 Å². The van der Waals surface area contributed by atoms with Crippen molar-refractivity contribution in [3.63, 3.8) is 0 Å². The summed E-state index contributed by atoms with van der Waals surface area (Å²) < 4.78 is 10.3. The van der Waals surface area contributed by atoms with E-state index >= 15 is 0 Å². The topological polar surface area (TPSA) is 68.1 Å². The van der Waals surface area contributed by atoms with Gasteiger partial charge in [-0.1, -0.05) is 18.2 Å². The molecule has 0 bridgehead atoms. The molecule has 1 atom stereocenters. The first kappa shape index (κ1) is 14.3. The third kappa shape index (κ3) is 3.24. The molecule has 1 N–H and O–H groups in total. The molecular formula is C15H17NO4. The minimum atomic E-state index is -0.919. The van der Waals surface area contributed by atoms with E-state index in [1.165, 1.54) is 12.2 Å². The molecular weight excluding hydrogens is 258 g/mol. The predicted octanol–water partition coefficient (Wildman–Crippen LogP) is 1.31. The molecule has 1 heterocycles. The van der Waals surface area contributed by atoms with Crippen molar-refractivity contribution in [1.82, 2.24) is 0 Å². The van der Waals surface area contributed by atoms with Crippen LogP contribution in [0.4, 0.5) is 0 Å². The van der Waals surface area contributed by atoms with Gasteiger partial charge in [-0.25, -0.2) is 9.79 Å². The lowest BCUT2D eigenvalue weighted by Gasteiger charge is -2.15. The Kier molecular flexibility index (Phi) is 4.53. The molecule has 0 saturated carbocycles. The molecule has 5 heteroatoms. The van der Waals surface area contributed by atoms with Crippen molar-refractivity contribution in [1.29, 1.82) is 0 Å². The molecule has 1 aromatic carbocycles. The molecule has 0 unspecified atom stereocenters. The van der Waals surface area contributed by atoms with E-state index < -0.39 is 11.5 Å². The van der Waals surface area contributed by atoms with Gasteiger partial charge in [-0.3, -0.25) is 0 Å². The Bertz CT molecular complexity index is 524. The van der Waals surface area contributed by atoms with Crippen LogP contribution in [0.15, 0.2) is 47.5 Å². The van der Waals surface area contributed by atoms with E-state index in [0.29, 0.717) is 12.5 Å². The number of hydrogen-bond acceptors (Lipinski definition) is 5. The molecule has 2 rings (SSSR count). The van der Waals surface area contributed by atoms with Crippen LogP contribution in [0.25, 0.3) is 0 Å². The van der Waals surface area contributed by atoms with Crippen LogP contribution in [0, 0.1) is 0 Å². The van der Waals surface area contributed by atoms with Crippen LogP contribution in [0.1, 0.15) is 12.5 Å². The molecule has 0 spiro atoms. The van der Waals surface area contributed by atoms with Crippen LogP contribution in [-0.4, -0.2) is 42.3 Å². The minimum absolute atomic E-state index is 0.198. The Morgan fingerprint density at radius 2 is 2.25 bits per heavy atom. The zero-order valence-corrected chi connectivity index (χ0v) is 11.3. The first-order valence-corrected chi connectivity index (χ1v) is 6.44. The van der Waals surface area contributed by atoms with Crippen molar-refractivity contribution >= 4 is 11.9 Å². The number of benzene rings is 1. The van der Waals surface area contributed by atoms with Gasteiger partial charge in [-0.15, -0.1) is 0 Å². The Labute approximate surface area is 117 Å². The summed E-state index contributed by atoms with van der Waals surface area (Å²) >= 11 is 0. The maximum atomic E-state index is 11.3. The summed E-state index contributed by atoms with van der Waals surface area (Å²) in [6.45, 7) is 2.01. The number of nitrogens with zero attached hydrogens (tertiary/aromatic N) is 1. The number of aliphatic hydroxyl groups excluding tert-OH is 1. The fraction of sp³-hybridized carbons (Fsp3) is 0.333. The smallest absolute Gasteiger partial charge is 0.330 e. The first-order chi connectivity index (χ1) is 9.69. The van der Waals surface area contributed by atoms with Crippen LogP contribution < -0.4 is 0 Å². The monoisotopic (exact) mass is 275 g/mol. The molecule has 0 radical (unpaired) electrons. The summed E-state index contributed by atoms with van der Waals surface area (Å²) in [5.41, 5.74) is -0.0786. The summed E-state index contributed by atoms with van der Waals surface area (Å²) in [6.07, 6.45) is 2.81. The molecule has 1 aliphatic rings. The van der Waals surface area contributed by atoms with E-state index in [9.17, 15) is 9.90 Å². The number of esters is 1. The average molecular weight is 275 g/mol. The number of aliphatic hydroxyl groups is 1. The fourth-order valence-corrected chi connectivity index (χ4v) is 1.82. The molecule has 1 aromatic rings. The lowest BCUT2D eigenvalue weighted by molar-refractivity contribution is -0.137. The quantitative estimate of drug-likeness (QED) is 0.650. The van der Waals surface area contributed by atoms with E-state index in [1.807, 2.05) is 30.3 Å². The second kappa shape index (κ2) is 6.34. The minimum Gasteiger partial charge on any atom is -0.474 e. The van der Waals surface area contributed by atoms with Gasteiger partial charge < -0.3 is 14.6 Å². The molecule has 0 amide bonds. The maximum Gasteiger partial charge on any atom is 0.330 e. The van der Waals surface area contributed by atoms with Crippen LogP contribution in [-0.2, 0) is 14.3 Å². The second-order valence-electron chi connectivity index (χ2n) is 4.42. The lowest BCUT2D eigenvalue weighted by Crippen LogP contribution is -2.30. The normalized spacial score (nSPS) is 21.6. The third-order valence-corrected chi connectivity index (χ3v) is 2.89. The zero-order chi connectivity index (χ0) is 14.4. The van der Waals surface area contributed by atoms with Crippen LogP contribution in [0.3, 0.4) is 0 Å². The van der Waals surface area contributed by atoms with Gasteiger partial charge in [-0.05, 0) is 25.1 Å². The van der Waals surface area contributed by atoms with Gasteiger partial charge in [0.1, 0.15) is 12.1 Å². The third-order valence-electron chi connectivity index (χ3n) is 2.89. The van der Waals surface area contributed by atoms with Crippen LogP contribution in [0.2, 0.25) is 0 Å². The summed E-state index contributed by atoms with van der Waals surface area (Å²) in [7, 11) is 0. The highest BCUT2D eigenvalue weighted by molar-refractivity contribution is 5.95. The van der Waals surface area contributed by atoms with Crippen molar-refractivity contribution in [2.45, 2.75) is 12.5 Å². The van der Waals surface area contributed by atoms with Crippen molar-refractivity contribution in [2.24, 2.45) is 4.99 Å². The summed E-state index contributed by atoms with van der Waals surface area (Å²) in [4.78, 5) is 15.7. The number of hydrogen-bond donors (Lipinski definition) is 1. The molecule has 5 nitrogen and oxygen atoms in total. The van der Waals surface area contributed by atoms with Gasteiger partial charge in [0.2, 0.25) is 5.90 Å². The second-order valence-corrected chi connectivity index (χ2v) is 4.42. The Morgan fingerprint density at radius 1 is 1.50 bits per heavy atom. The van der Waals surface area contributed by atoms with Gasteiger partial charge in [0.05, 0.1) is 13.2 Å². The highest BCUT2D eigenvalue weighted by Gasteiger charge is 2.34. The van der Waals surface area contributed by atoms with E-state index in [1.54, 1.807) is 6.92 Å². The highest BCUT2D eigenvalue weighted by atomic mass is 16.5. The van der Waals surface area contributed by atoms with Gasteiger partial charge in [0, 0.05) is 11.6 Å². The molecule has 20 heavy (non-hydrogen) atoms. The van der Waals surface area contributed by atoms with Crippen molar-refractivity contribution in [3.05, 3.63) is 48.0 Å². The van der Waals surface area contributed by atoms with Crippen LogP contribution in [0.5, 0.6) is 0 Å². The number of rotatable bonds is 5. The van der Waals surface area contributed by atoms with E-state index in [2.05, 4.69) is 4.99 Å². The molecule has 0 fully saturated rings. The molecule has 0 aliphatic carbocycles. The summed E-state index contributed by atoms with van der Waals surface area (Å²) in [5, 5.41) is 9.53. The zero-order valence-electron chi connectivity index (χ0n) is 11.3. The Hall–Kier alpha value is -2.14. The van der Waals surface area contributed by atoms with Gasteiger partial charge in [-0.2, -0.15) is 0 Å². The summed E-state index contributed by atoms with van der Waals surface area (Å²) in [5.74, 6) is 0.0110. The van der Waals surface area contributed by atoms with Gasteiger partial charge in [0.15, 0.2) is 0 Å². The number of carbonyl (C=O) groups excluding carboxylic acids is 1. The summed E-state index contributed by atoms with van der Waals surface area (Å²) in [6, 6.07) is 9.42. The maximum absolute atomic E-state index is 11.3. The number of ether oxygens (including phenoxy) is 2. The Balaban J connectivity index is 2.17. The van der Waals surface area contributed by atoms with Crippen molar-refractivity contribution < 1.29 is 19.4 Å². The molecule has 0 saturated heterocycles. The van der Waals surface area contributed by atoms with Crippen molar-refractivity contribution in [3.8, 4) is 0 Å². The largest absolute Gasteiger partial charge is 0.474 e. The molecule has 106 valence electrons. The van der Waals surface area contributed by atoms with Crippen molar-refractivity contribution in [2.75, 3.05) is 19.8 Å². The lowest BCUT2D eigenvalue weighted by atomic mass is 10.0. The SMILES string of the molecule is CCOC(=O)/C=C/[C@]1(CO)COC(c2ccccc2)=N1.